The highest BCUT2D eigenvalue weighted by molar-refractivity contribution is 8.02. The van der Waals surface area contributed by atoms with Crippen LogP contribution < -0.4 is 10.0 Å². The minimum Gasteiger partial charge on any atom is -0.301 e. The van der Waals surface area contributed by atoms with Crippen LogP contribution in [0.3, 0.4) is 0 Å². The Morgan fingerprint density at radius 2 is 1.97 bits per heavy atom. The highest BCUT2D eigenvalue weighted by Crippen LogP contribution is 2.34. The van der Waals surface area contributed by atoms with Crippen molar-refractivity contribution >= 4 is 71.4 Å². The highest BCUT2D eigenvalue weighted by Gasteiger charge is 2.19. The summed E-state index contributed by atoms with van der Waals surface area (Å²) in [6.45, 7) is 1.80. The van der Waals surface area contributed by atoms with E-state index in [9.17, 15) is 13.2 Å². The van der Waals surface area contributed by atoms with Crippen LogP contribution in [0, 0.1) is 0 Å². The zero-order chi connectivity index (χ0) is 21.1. The van der Waals surface area contributed by atoms with Crippen LogP contribution >= 0.6 is 34.4 Å². The summed E-state index contributed by atoms with van der Waals surface area (Å²) in [6, 6.07) is 13.4. The van der Waals surface area contributed by atoms with Gasteiger partial charge in [-0.25, -0.2) is 18.4 Å². The van der Waals surface area contributed by atoms with E-state index in [2.05, 4.69) is 20.0 Å². The Balaban J connectivity index is 1.48. The molecule has 0 radical (unpaired) electrons. The molecule has 154 valence electrons. The summed E-state index contributed by atoms with van der Waals surface area (Å²) in [4.78, 5) is 21.1. The molecule has 2 N–H and O–H groups in total. The van der Waals surface area contributed by atoms with Crippen molar-refractivity contribution in [3.8, 4) is 0 Å². The van der Waals surface area contributed by atoms with Crippen LogP contribution in [0.4, 0.5) is 10.8 Å². The number of carbonyl (C=O) groups is 1. The normalized spacial score (nSPS) is 12.6. The summed E-state index contributed by atoms with van der Waals surface area (Å²) in [6.07, 6.45) is 1.63. The molecule has 0 fully saturated rings. The topological polar surface area (TPSA) is 101 Å². The van der Waals surface area contributed by atoms with Crippen LogP contribution in [0.15, 0.2) is 69.3 Å². The van der Waals surface area contributed by atoms with E-state index < -0.39 is 10.0 Å². The molecule has 30 heavy (non-hydrogen) atoms. The fraction of sp³-hybridized carbons (Fsp3) is 0.105. The quantitative estimate of drug-likeness (QED) is 0.376. The first-order valence-electron chi connectivity index (χ1n) is 8.76. The zero-order valence-corrected chi connectivity index (χ0v) is 18.9. The van der Waals surface area contributed by atoms with Gasteiger partial charge < -0.3 is 5.32 Å². The maximum absolute atomic E-state index is 12.5. The van der Waals surface area contributed by atoms with Gasteiger partial charge in [-0.1, -0.05) is 30.0 Å². The molecular formula is C19H16N4O3S4. The van der Waals surface area contributed by atoms with Crippen molar-refractivity contribution in [3.63, 3.8) is 0 Å². The van der Waals surface area contributed by atoms with Gasteiger partial charge in [0.25, 0.3) is 10.0 Å². The second-order valence-electron chi connectivity index (χ2n) is 6.17. The van der Waals surface area contributed by atoms with Gasteiger partial charge >= 0.3 is 0 Å². The van der Waals surface area contributed by atoms with Gasteiger partial charge in [0.05, 0.1) is 26.0 Å². The molecule has 2 heterocycles. The van der Waals surface area contributed by atoms with Gasteiger partial charge in [-0.05, 0) is 37.3 Å². The second-order valence-corrected chi connectivity index (χ2v) is 11.4. The molecule has 0 aliphatic carbocycles. The van der Waals surface area contributed by atoms with Crippen molar-refractivity contribution in [3.05, 3.63) is 60.1 Å². The number of hydrogen-bond donors (Lipinski definition) is 2. The van der Waals surface area contributed by atoms with Gasteiger partial charge in [-0.2, -0.15) is 0 Å². The van der Waals surface area contributed by atoms with Crippen molar-refractivity contribution in [1.29, 1.82) is 0 Å². The van der Waals surface area contributed by atoms with Crippen LogP contribution in [0.1, 0.15) is 6.92 Å². The van der Waals surface area contributed by atoms with Gasteiger partial charge in [0.2, 0.25) is 5.91 Å². The Kier molecular flexibility index (Phi) is 6.04. The molecule has 2 aromatic carbocycles. The molecule has 0 saturated heterocycles. The third kappa shape index (κ3) is 4.81. The largest absolute Gasteiger partial charge is 0.301 e. The van der Waals surface area contributed by atoms with Crippen LogP contribution in [0.5, 0.6) is 0 Å². The average molecular weight is 477 g/mol. The third-order valence-electron chi connectivity index (χ3n) is 3.98. The first-order valence-corrected chi connectivity index (χ1v) is 12.8. The van der Waals surface area contributed by atoms with E-state index in [0.29, 0.717) is 10.8 Å². The first kappa shape index (κ1) is 20.8. The Labute approximate surface area is 185 Å². The van der Waals surface area contributed by atoms with Crippen LogP contribution in [-0.2, 0) is 14.8 Å². The van der Waals surface area contributed by atoms with E-state index in [0.717, 1.165) is 14.6 Å². The van der Waals surface area contributed by atoms with Crippen LogP contribution in [0.25, 0.3) is 10.2 Å². The minimum atomic E-state index is -3.66. The molecule has 4 rings (SSSR count). The molecule has 4 aromatic rings. The monoisotopic (exact) mass is 476 g/mol. The lowest BCUT2D eigenvalue weighted by Crippen LogP contribution is -2.22. The number of rotatable bonds is 7. The number of anilines is 2. The molecule has 2 aromatic heterocycles. The molecule has 1 amide bonds. The smallest absolute Gasteiger partial charge is 0.261 e. The first-order chi connectivity index (χ1) is 14.4. The van der Waals surface area contributed by atoms with E-state index in [1.54, 1.807) is 67.0 Å². The van der Waals surface area contributed by atoms with Crippen molar-refractivity contribution in [2.24, 2.45) is 0 Å². The molecule has 0 saturated carbocycles. The van der Waals surface area contributed by atoms with Crippen molar-refractivity contribution in [2.75, 3.05) is 10.0 Å². The average Bonchev–Trinajstić information content (AvgIpc) is 3.37. The number of carbonyl (C=O) groups excluding carboxylic acids is 1. The maximum atomic E-state index is 12.5. The molecule has 0 aliphatic rings. The van der Waals surface area contributed by atoms with Crippen LogP contribution in [0.2, 0.25) is 0 Å². The molecule has 1 atom stereocenters. The lowest BCUT2D eigenvalue weighted by molar-refractivity contribution is -0.115. The molecule has 0 aliphatic heterocycles. The Morgan fingerprint density at radius 3 is 2.70 bits per heavy atom. The van der Waals surface area contributed by atoms with Gasteiger partial charge in [-0.3, -0.25) is 9.52 Å². The summed E-state index contributed by atoms with van der Waals surface area (Å²) in [5, 5.41) is 4.78. The van der Waals surface area contributed by atoms with Crippen molar-refractivity contribution < 1.29 is 13.2 Å². The highest BCUT2D eigenvalue weighted by atomic mass is 32.2. The lowest BCUT2D eigenvalue weighted by Gasteiger charge is -2.07. The van der Waals surface area contributed by atoms with Crippen molar-refractivity contribution in [1.82, 2.24) is 9.97 Å². The van der Waals surface area contributed by atoms with E-state index in [1.165, 1.54) is 34.4 Å². The standard InChI is InChI=1S/C19H16N4O3S4/c1-12(17(24)22-18-20-9-10-27-18)28-19-21-15-8-7-13(11-16(15)29-19)23-30(25,26)14-5-3-2-4-6-14/h2-12,23H,1H3,(H,20,22,24). The Morgan fingerprint density at radius 1 is 1.17 bits per heavy atom. The molecule has 0 spiro atoms. The SMILES string of the molecule is CC(Sc1nc2ccc(NS(=O)(=O)c3ccccc3)cc2s1)C(=O)Nc1nccs1. The number of nitrogens with one attached hydrogen (secondary N) is 2. The summed E-state index contributed by atoms with van der Waals surface area (Å²) in [7, 11) is -3.66. The van der Waals surface area contributed by atoms with Gasteiger partial charge in [-0.15, -0.1) is 22.7 Å². The number of aromatic nitrogens is 2. The third-order valence-corrected chi connectivity index (χ3v) is 8.28. The molecule has 11 heteroatoms. The number of nitrogens with zero attached hydrogens (tertiary/aromatic N) is 2. The Bertz CT molecular complexity index is 1270. The number of thioether (sulfide) groups is 1. The fourth-order valence-corrected chi connectivity index (χ4v) is 6.38. The van der Waals surface area contributed by atoms with E-state index in [4.69, 9.17) is 0 Å². The summed E-state index contributed by atoms with van der Waals surface area (Å²) < 4.78 is 29.2. The van der Waals surface area contributed by atoms with Crippen molar-refractivity contribution in [2.45, 2.75) is 21.4 Å². The molecule has 0 bridgehead atoms. The van der Waals surface area contributed by atoms with Crippen LogP contribution in [-0.4, -0.2) is 29.5 Å². The zero-order valence-electron chi connectivity index (χ0n) is 15.6. The lowest BCUT2D eigenvalue weighted by atomic mass is 10.3. The fourth-order valence-electron chi connectivity index (χ4n) is 2.53. The Hall–Kier alpha value is -2.47. The summed E-state index contributed by atoms with van der Waals surface area (Å²) >= 11 is 4.12. The van der Waals surface area contributed by atoms with E-state index >= 15 is 0 Å². The van der Waals surface area contributed by atoms with Gasteiger partial charge in [0.15, 0.2) is 9.47 Å². The number of benzene rings is 2. The van der Waals surface area contributed by atoms with Gasteiger partial charge in [0, 0.05) is 11.6 Å². The summed E-state index contributed by atoms with van der Waals surface area (Å²) in [5.41, 5.74) is 1.21. The van der Waals surface area contributed by atoms with E-state index in [-0.39, 0.29) is 16.1 Å². The predicted molar refractivity (Wildman–Crippen MR) is 123 cm³/mol. The molecule has 7 nitrogen and oxygen atoms in total. The maximum Gasteiger partial charge on any atom is 0.261 e. The number of fused-ring (bicyclic) bond motifs is 1. The van der Waals surface area contributed by atoms with E-state index in [1.807, 2.05) is 0 Å². The second kappa shape index (κ2) is 8.72. The number of hydrogen-bond acceptors (Lipinski definition) is 8. The number of sulfonamides is 1. The number of amides is 1. The molecule has 1 unspecified atom stereocenters. The van der Waals surface area contributed by atoms with Gasteiger partial charge in [0.1, 0.15) is 0 Å². The number of thiazole rings is 2. The minimum absolute atomic E-state index is 0.148. The predicted octanol–water partition coefficient (Wildman–Crippen LogP) is 4.67. The summed E-state index contributed by atoms with van der Waals surface area (Å²) in [5.74, 6) is -0.148. The molecular weight excluding hydrogens is 461 g/mol.